The molecule has 0 aromatic carbocycles. The summed E-state index contributed by atoms with van der Waals surface area (Å²) in [6.07, 6.45) is 0. The summed E-state index contributed by atoms with van der Waals surface area (Å²) in [5, 5.41) is 3.65. The fourth-order valence-electron chi connectivity index (χ4n) is 2.07. The third-order valence-corrected chi connectivity index (χ3v) is 3.39. The van der Waals surface area contributed by atoms with E-state index in [9.17, 15) is 4.79 Å². The highest BCUT2D eigenvalue weighted by molar-refractivity contribution is 6.31. The molecular formula is C10H13ClN2O. The zero-order chi connectivity index (χ0) is 10.5. The van der Waals surface area contributed by atoms with Crippen LogP contribution in [-0.4, -0.2) is 4.57 Å². The van der Waals surface area contributed by atoms with Gasteiger partial charge in [-0.1, -0.05) is 11.6 Å². The molecule has 0 fully saturated rings. The van der Waals surface area contributed by atoms with Gasteiger partial charge in [-0.3, -0.25) is 4.79 Å². The molecule has 0 amide bonds. The van der Waals surface area contributed by atoms with Crippen LogP contribution in [0, 0.1) is 6.92 Å². The third-order valence-electron chi connectivity index (χ3n) is 2.94. The minimum atomic E-state index is -0.0986. The van der Waals surface area contributed by atoms with Gasteiger partial charge >= 0.3 is 0 Å². The van der Waals surface area contributed by atoms with Crippen LogP contribution in [0.2, 0.25) is 5.02 Å². The number of aromatic nitrogens is 1. The van der Waals surface area contributed by atoms with Gasteiger partial charge in [0.15, 0.2) is 0 Å². The monoisotopic (exact) mass is 212 g/mol. The number of pyridine rings is 1. The number of hydrogen-bond donors (Lipinski definition) is 1. The van der Waals surface area contributed by atoms with E-state index in [1.165, 1.54) is 5.56 Å². The summed E-state index contributed by atoms with van der Waals surface area (Å²) < 4.78 is 1.65. The molecule has 3 nitrogen and oxygen atoms in total. The molecule has 1 atom stereocenters. The summed E-state index contributed by atoms with van der Waals surface area (Å²) in [7, 11) is 1.77. The van der Waals surface area contributed by atoms with Crippen LogP contribution in [0.15, 0.2) is 4.79 Å². The Labute approximate surface area is 87.7 Å². The van der Waals surface area contributed by atoms with Crippen molar-refractivity contribution in [1.82, 2.24) is 9.88 Å². The summed E-state index contributed by atoms with van der Waals surface area (Å²) in [5.74, 6) is 0. The number of halogens is 1. The maximum atomic E-state index is 11.7. The molecule has 2 heterocycles. The van der Waals surface area contributed by atoms with Crippen molar-refractivity contribution in [2.24, 2.45) is 7.05 Å². The molecule has 1 unspecified atom stereocenters. The average Bonchev–Trinajstić information content (AvgIpc) is 2.54. The summed E-state index contributed by atoms with van der Waals surface area (Å²) >= 11 is 5.95. The number of nitrogens with one attached hydrogen (secondary N) is 1. The lowest BCUT2D eigenvalue weighted by atomic mass is 10.1. The molecule has 14 heavy (non-hydrogen) atoms. The maximum Gasteiger partial charge on any atom is 0.269 e. The Morgan fingerprint density at radius 3 is 2.86 bits per heavy atom. The van der Waals surface area contributed by atoms with E-state index in [0.717, 1.165) is 17.8 Å². The summed E-state index contributed by atoms with van der Waals surface area (Å²) in [4.78, 5) is 11.7. The molecule has 1 N–H and O–H groups in total. The van der Waals surface area contributed by atoms with Crippen molar-refractivity contribution in [2.75, 3.05) is 0 Å². The minimum Gasteiger partial charge on any atom is -0.313 e. The van der Waals surface area contributed by atoms with Crippen LogP contribution in [0.25, 0.3) is 0 Å². The van der Waals surface area contributed by atoms with Crippen molar-refractivity contribution in [3.05, 3.63) is 32.2 Å². The standard InChI is InChI=1S/C10H13ClN2O/c1-5-7-4-12-6(2)9(7)13(3)10(14)8(5)11/h6,12H,4H2,1-3H3. The summed E-state index contributed by atoms with van der Waals surface area (Å²) in [6, 6.07) is 0.235. The zero-order valence-corrected chi connectivity index (χ0v) is 9.27. The fourth-order valence-corrected chi connectivity index (χ4v) is 2.31. The first-order valence-corrected chi connectivity index (χ1v) is 5.03. The van der Waals surface area contributed by atoms with Crippen LogP contribution in [0.5, 0.6) is 0 Å². The molecular weight excluding hydrogens is 200 g/mol. The van der Waals surface area contributed by atoms with Crippen molar-refractivity contribution in [3.63, 3.8) is 0 Å². The smallest absolute Gasteiger partial charge is 0.269 e. The van der Waals surface area contributed by atoms with Crippen LogP contribution in [-0.2, 0) is 13.6 Å². The van der Waals surface area contributed by atoms with Gasteiger partial charge in [-0.15, -0.1) is 0 Å². The fraction of sp³-hybridized carbons (Fsp3) is 0.500. The van der Waals surface area contributed by atoms with Gasteiger partial charge in [0.05, 0.1) is 0 Å². The molecule has 0 aliphatic carbocycles. The van der Waals surface area contributed by atoms with Crippen molar-refractivity contribution in [3.8, 4) is 0 Å². The Morgan fingerprint density at radius 1 is 1.57 bits per heavy atom. The van der Waals surface area contributed by atoms with Crippen molar-refractivity contribution in [1.29, 1.82) is 0 Å². The molecule has 0 saturated carbocycles. The summed E-state index contributed by atoms with van der Waals surface area (Å²) in [6.45, 7) is 4.76. The highest BCUT2D eigenvalue weighted by atomic mass is 35.5. The van der Waals surface area contributed by atoms with Gasteiger partial charge in [0.2, 0.25) is 0 Å². The average molecular weight is 213 g/mol. The van der Waals surface area contributed by atoms with E-state index in [1.54, 1.807) is 11.6 Å². The maximum absolute atomic E-state index is 11.7. The second-order valence-corrected chi connectivity index (χ2v) is 4.15. The van der Waals surface area contributed by atoms with Gasteiger partial charge < -0.3 is 9.88 Å². The van der Waals surface area contributed by atoms with Crippen LogP contribution in [0.1, 0.15) is 29.8 Å². The number of nitrogens with zero attached hydrogens (tertiary/aromatic N) is 1. The van der Waals surface area contributed by atoms with Gasteiger partial charge in [0.25, 0.3) is 5.56 Å². The Kier molecular flexibility index (Phi) is 2.16. The largest absolute Gasteiger partial charge is 0.313 e. The SMILES string of the molecule is Cc1c2c(n(C)c(=O)c1Cl)C(C)NC2. The molecule has 0 radical (unpaired) electrons. The normalized spacial score (nSPS) is 19.9. The van der Waals surface area contributed by atoms with E-state index in [4.69, 9.17) is 11.6 Å². The van der Waals surface area contributed by atoms with Gasteiger partial charge in [0.1, 0.15) is 5.02 Å². The first-order valence-electron chi connectivity index (χ1n) is 4.65. The number of fused-ring (bicyclic) bond motifs is 1. The number of hydrogen-bond acceptors (Lipinski definition) is 2. The second-order valence-electron chi connectivity index (χ2n) is 3.77. The number of rotatable bonds is 0. The van der Waals surface area contributed by atoms with Crippen molar-refractivity contribution >= 4 is 11.6 Å². The van der Waals surface area contributed by atoms with E-state index < -0.39 is 0 Å². The second kappa shape index (κ2) is 3.11. The van der Waals surface area contributed by atoms with Crippen LogP contribution in [0.3, 0.4) is 0 Å². The Morgan fingerprint density at radius 2 is 2.21 bits per heavy atom. The first-order chi connectivity index (χ1) is 6.54. The van der Waals surface area contributed by atoms with Crippen LogP contribution >= 0.6 is 11.6 Å². The molecule has 0 saturated heterocycles. The highest BCUT2D eigenvalue weighted by Crippen LogP contribution is 2.28. The third kappa shape index (κ3) is 1.12. The zero-order valence-electron chi connectivity index (χ0n) is 8.52. The quantitative estimate of drug-likeness (QED) is 0.708. The van der Waals surface area contributed by atoms with E-state index in [-0.39, 0.29) is 11.6 Å². The van der Waals surface area contributed by atoms with Gasteiger partial charge in [-0.25, -0.2) is 0 Å². The lowest BCUT2D eigenvalue weighted by Gasteiger charge is -2.13. The molecule has 76 valence electrons. The molecule has 0 bridgehead atoms. The first kappa shape index (κ1) is 9.74. The van der Waals surface area contributed by atoms with Crippen LogP contribution < -0.4 is 10.9 Å². The lowest BCUT2D eigenvalue weighted by molar-refractivity contribution is 0.599. The van der Waals surface area contributed by atoms with Gasteiger partial charge in [-0.05, 0) is 25.0 Å². The van der Waals surface area contributed by atoms with E-state index in [1.807, 2.05) is 6.92 Å². The predicted octanol–water partition coefficient (Wildman–Crippen LogP) is 1.51. The Bertz CT molecular complexity index is 450. The molecule has 2 rings (SSSR count). The molecule has 1 aromatic heterocycles. The van der Waals surface area contributed by atoms with Gasteiger partial charge in [-0.2, -0.15) is 0 Å². The molecule has 1 aliphatic rings. The topological polar surface area (TPSA) is 34.0 Å². The Balaban J connectivity index is 2.84. The molecule has 1 aromatic rings. The lowest BCUT2D eigenvalue weighted by Crippen LogP contribution is -2.23. The Hall–Kier alpha value is -0.800. The minimum absolute atomic E-state index is 0.0986. The van der Waals surface area contributed by atoms with Crippen molar-refractivity contribution < 1.29 is 0 Å². The van der Waals surface area contributed by atoms with Crippen molar-refractivity contribution in [2.45, 2.75) is 26.4 Å². The molecule has 0 spiro atoms. The summed E-state index contributed by atoms with van der Waals surface area (Å²) in [5.41, 5.74) is 3.06. The molecule has 4 heteroatoms. The van der Waals surface area contributed by atoms with E-state index in [0.29, 0.717) is 5.02 Å². The van der Waals surface area contributed by atoms with Gasteiger partial charge in [0, 0.05) is 25.3 Å². The van der Waals surface area contributed by atoms with Crippen LogP contribution in [0.4, 0.5) is 0 Å². The molecule has 1 aliphatic heterocycles. The highest BCUT2D eigenvalue weighted by Gasteiger charge is 2.25. The predicted molar refractivity (Wildman–Crippen MR) is 56.7 cm³/mol. The van der Waals surface area contributed by atoms with E-state index >= 15 is 0 Å². The van der Waals surface area contributed by atoms with E-state index in [2.05, 4.69) is 12.2 Å².